The van der Waals surface area contributed by atoms with Crippen LogP contribution in [0.4, 0.5) is 0 Å². The molecule has 0 bridgehead atoms. The van der Waals surface area contributed by atoms with E-state index in [1.165, 1.54) is 11.1 Å². The zero-order chi connectivity index (χ0) is 30.6. The van der Waals surface area contributed by atoms with Crippen LogP contribution in [0.25, 0.3) is 10.8 Å². The Balaban J connectivity index is 0.979. The highest BCUT2D eigenvalue weighted by molar-refractivity contribution is 7.86. The Morgan fingerprint density at radius 1 is 0.818 bits per heavy atom. The van der Waals surface area contributed by atoms with Gasteiger partial charge in [-0.05, 0) is 79.0 Å². The minimum absolute atomic E-state index is 0.112. The summed E-state index contributed by atoms with van der Waals surface area (Å²) < 4.78 is 30.2. The molecule has 0 amide bonds. The van der Waals surface area contributed by atoms with E-state index in [0.717, 1.165) is 68.9 Å². The van der Waals surface area contributed by atoms with Gasteiger partial charge in [0.05, 0.1) is 12.1 Å². The average molecular weight is 610 g/mol. The van der Waals surface area contributed by atoms with E-state index in [-0.39, 0.29) is 4.90 Å². The van der Waals surface area contributed by atoms with E-state index in [4.69, 9.17) is 9.28 Å². The number of nitrogens with zero attached hydrogens (tertiary/aromatic N) is 3. The normalized spacial score (nSPS) is 15.0. The molecule has 6 nitrogen and oxygen atoms in total. The van der Waals surface area contributed by atoms with E-state index in [1.807, 2.05) is 31.2 Å². The van der Waals surface area contributed by atoms with Crippen molar-refractivity contribution in [2.24, 2.45) is 16.1 Å². The van der Waals surface area contributed by atoms with Crippen molar-refractivity contribution in [3.8, 4) is 0 Å². The molecule has 0 unspecified atom stereocenters. The second-order valence-electron chi connectivity index (χ2n) is 11.7. The summed E-state index contributed by atoms with van der Waals surface area (Å²) in [5, 5.41) is 5.73. The van der Waals surface area contributed by atoms with Crippen molar-refractivity contribution >= 4 is 32.9 Å². The smallest absolute Gasteiger partial charge is 0.358 e. The van der Waals surface area contributed by atoms with Gasteiger partial charge in [-0.3, -0.25) is 9.28 Å². The van der Waals surface area contributed by atoms with Gasteiger partial charge in [0.2, 0.25) is 0 Å². The van der Waals surface area contributed by atoms with Crippen LogP contribution in [0.5, 0.6) is 0 Å². The Kier molecular flexibility index (Phi) is 11.2. The molecule has 7 heteroatoms. The molecule has 1 fully saturated rings. The first-order chi connectivity index (χ1) is 21.5. The van der Waals surface area contributed by atoms with E-state index in [2.05, 4.69) is 77.1 Å². The third kappa shape index (κ3) is 8.79. The molecular weight excluding hydrogens is 566 g/mol. The van der Waals surface area contributed by atoms with E-state index in [1.54, 1.807) is 18.2 Å². The Hall–Kier alpha value is -3.97. The number of aliphatic imine (C=N–C) groups is 1. The van der Waals surface area contributed by atoms with Crippen LogP contribution in [0, 0.1) is 5.92 Å². The Labute approximate surface area is 262 Å². The highest BCUT2D eigenvalue weighted by Gasteiger charge is 2.28. The molecule has 0 radical (unpaired) electrons. The highest BCUT2D eigenvalue weighted by Crippen LogP contribution is 2.37. The van der Waals surface area contributed by atoms with Crippen molar-refractivity contribution in [1.82, 2.24) is 4.90 Å². The Morgan fingerprint density at radius 2 is 1.43 bits per heavy atom. The van der Waals surface area contributed by atoms with Crippen molar-refractivity contribution in [1.29, 1.82) is 0 Å². The SMILES string of the molecule is CC(CCCCCCN=CN1CCC(C(c2ccccc2)c2ccccc2)CC1)=NOS(=O)(=O)c1ccc2ccccc2c1. The lowest BCUT2D eigenvalue weighted by molar-refractivity contribution is 0.254. The van der Waals surface area contributed by atoms with Crippen molar-refractivity contribution in [3.63, 3.8) is 0 Å². The zero-order valence-corrected chi connectivity index (χ0v) is 26.4. The van der Waals surface area contributed by atoms with E-state index in [0.29, 0.717) is 24.0 Å². The lowest BCUT2D eigenvalue weighted by Crippen LogP contribution is -2.35. The van der Waals surface area contributed by atoms with Gasteiger partial charge in [0.25, 0.3) is 0 Å². The monoisotopic (exact) mass is 609 g/mol. The first kappa shape index (κ1) is 31.5. The Bertz CT molecular complexity index is 1590. The predicted octanol–water partition coefficient (Wildman–Crippen LogP) is 8.44. The molecule has 4 aromatic carbocycles. The van der Waals surface area contributed by atoms with E-state index in [9.17, 15) is 8.42 Å². The fourth-order valence-corrected chi connectivity index (χ4v) is 6.88. The summed E-state index contributed by atoms with van der Waals surface area (Å²) in [4.78, 5) is 7.19. The number of piperidine rings is 1. The minimum atomic E-state index is -3.94. The minimum Gasteiger partial charge on any atom is -0.363 e. The van der Waals surface area contributed by atoms with Crippen LogP contribution in [0.15, 0.2) is 118 Å². The van der Waals surface area contributed by atoms with E-state index < -0.39 is 10.1 Å². The molecule has 0 spiro atoms. The average Bonchev–Trinajstić information content (AvgIpc) is 3.06. The van der Waals surface area contributed by atoms with Gasteiger partial charge in [0, 0.05) is 25.6 Å². The maximum absolute atomic E-state index is 12.6. The first-order valence-corrected chi connectivity index (χ1v) is 17.2. The van der Waals surface area contributed by atoms with Gasteiger partial charge in [0.1, 0.15) is 4.90 Å². The maximum atomic E-state index is 12.6. The summed E-state index contributed by atoms with van der Waals surface area (Å²) in [7, 11) is -3.94. The third-order valence-electron chi connectivity index (χ3n) is 8.48. The summed E-state index contributed by atoms with van der Waals surface area (Å²) in [6.07, 6.45) is 9.20. The number of benzene rings is 4. The van der Waals surface area contributed by atoms with Crippen LogP contribution in [0.1, 0.15) is 68.9 Å². The van der Waals surface area contributed by atoms with Crippen LogP contribution in [0.3, 0.4) is 0 Å². The van der Waals surface area contributed by atoms with Crippen molar-refractivity contribution in [3.05, 3.63) is 114 Å². The van der Waals surface area contributed by atoms with Crippen molar-refractivity contribution < 1.29 is 12.7 Å². The Morgan fingerprint density at radius 3 is 2.11 bits per heavy atom. The standard InChI is InChI=1S/C37H43N3O3S/c1-30(39-43-44(41,42)36-22-21-31-15-11-12-20-35(31)28-36)14-6-2-3-13-25-38-29-40-26-23-34(24-27-40)37(32-16-7-4-8-17-32)33-18-9-5-10-19-33/h4-5,7-12,15-22,28-29,34,37H,2-3,6,13-14,23-27H2,1H3. The first-order valence-electron chi connectivity index (χ1n) is 15.8. The molecular formula is C37H43N3O3S. The summed E-state index contributed by atoms with van der Waals surface area (Å²) in [6.45, 7) is 4.73. The number of rotatable bonds is 14. The predicted molar refractivity (Wildman–Crippen MR) is 181 cm³/mol. The summed E-state index contributed by atoms with van der Waals surface area (Å²) >= 11 is 0. The molecule has 230 valence electrons. The molecule has 1 heterocycles. The van der Waals surface area contributed by atoms with Gasteiger partial charge in [-0.15, -0.1) is 0 Å². The number of likely N-dealkylation sites (tertiary alicyclic amines) is 1. The summed E-state index contributed by atoms with van der Waals surface area (Å²) in [5.74, 6) is 1.06. The quantitative estimate of drug-likeness (QED) is 0.0623. The zero-order valence-electron chi connectivity index (χ0n) is 25.6. The van der Waals surface area contributed by atoms with Gasteiger partial charge in [0.15, 0.2) is 0 Å². The molecule has 1 saturated heterocycles. The number of oxime groups is 1. The van der Waals surface area contributed by atoms with Crippen LogP contribution in [0.2, 0.25) is 0 Å². The molecule has 1 aliphatic heterocycles. The third-order valence-corrected chi connectivity index (χ3v) is 9.59. The molecule has 4 aromatic rings. The fraction of sp³-hybridized carbons (Fsp3) is 0.351. The number of hydrogen-bond acceptors (Lipinski definition) is 5. The molecule has 0 saturated carbocycles. The second kappa shape index (κ2) is 15.7. The van der Waals surface area contributed by atoms with Crippen LogP contribution in [-0.4, -0.2) is 45.0 Å². The largest absolute Gasteiger partial charge is 0.363 e. The van der Waals surface area contributed by atoms with Gasteiger partial charge in [-0.2, -0.15) is 8.42 Å². The molecule has 1 aliphatic rings. The number of fused-ring (bicyclic) bond motifs is 1. The molecule has 0 aromatic heterocycles. The lowest BCUT2D eigenvalue weighted by Gasteiger charge is -2.36. The molecule has 44 heavy (non-hydrogen) atoms. The molecule has 5 rings (SSSR count). The molecule has 0 atom stereocenters. The lowest BCUT2D eigenvalue weighted by atomic mass is 9.76. The van der Waals surface area contributed by atoms with E-state index >= 15 is 0 Å². The summed E-state index contributed by atoms with van der Waals surface area (Å²) in [5.41, 5.74) is 3.49. The molecule has 0 aliphatic carbocycles. The number of hydrogen-bond donors (Lipinski definition) is 0. The van der Waals surface area contributed by atoms with Crippen LogP contribution >= 0.6 is 0 Å². The van der Waals surface area contributed by atoms with Crippen molar-refractivity contribution in [2.45, 2.75) is 62.7 Å². The maximum Gasteiger partial charge on any atom is 0.358 e. The van der Waals surface area contributed by atoms with Gasteiger partial charge in [-0.25, -0.2) is 0 Å². The number of unbranched alkanes of at least 4 members (excludes halogenated alkanes) is 3. The van der Waals surface area contributed by atoms with Crippen molar-refractivity contribution in [2.75, 3.05) is 19.6 Å². The van der Waals surface area contributed by atoms with Crippen LogP contribution < -0.4 is 0 Å². The summed E-state index contributed by atoms with van der Waals surface area (Å²) in [6, 6.07) is 34.5. The molecule has 0 N–H and O–H groups in total. The van der Waals surface area contributed by atoms with Gasteiger partial charge >= 0.3 is 10.1 Å². The van der Waals surface area contributed by atoms with Gasteiger partial charge in [-0.1, -0.05) is 109 Å². The fourth-order valence-electron chi connectivity index (χ4n) is 6.06. The highest BCUT2D eigenvalue weighted by atomic mass is 32.2. The van der Waals surface area contributed by atoms with Gasteiger partial charge < -0.3 is 4.90 Å². The topological polar surface area (TPSA) is 71.3 Å². The van der Waals surface area contributed by atoms with Crippen LogP contribution in [-0.2, 0) is 14.4 Å². The second-order valence-corrected chi connectivity index (χ2v) is 13.3.